The van der Waals surface area contributed by atoms with Gasteiger partial charge in [-0.2, -0.15) is 5.10 Å². The number of carbonyl (C=O) groups is 1. The van der Waals surface area contributed by atoms with E-state index in [2.05, 4.69) is 22.5 Å². The summed E-state index contributed by atoms with van der Waals surface area (Å²) in [4.78, 5) is 15.0. The van der Waals surface area contributed by atoms with Crippen molar-refractivity contribution >= 4 is 29.1 Å². The Morgan fingerprint density at radius 2 is 1.73 bits per heavy atom. The van der Waals surface area contributed by atoms with Gasteiger partial charge in [-0.1, -0.05) is 54.1 Å². The molecule has 2 amide bonds. The minimum Gasteiger partial charge on any atom is -0.382 e. The summed E-state index contributed by atoms with van der Waals surface area (Å²) >= 11 is 6.04. The minimum atomic E-state index is -0.698. The highest BCUT2D eigenvalue weighted by molar-refractivity contribution is 6.30. The molecule has 0 bridgehead atoms. The van der Waals surface area contributed by atoms with Crippen molar-refractivity contribution in [2.24, 2.45) is 5.92 Å². The molecule has 6 nitrogen and oxygen atoms in total. The summed E-state index contributed by atoms with van der Waals surface area (Å²) < 4.78 is 29.6. The van der Waals surface area contributed by atoms with Crippen molar-refractivity contribution in [3.8, 4) is 16.9 Å². The van der Waals surface area contributed by atoms with E-state index in [-0.39, 0.29) is 23.2 Å². The van der Waals surface area contributed by atoms with E-state index in [9.17, 15) is 13.6 Å². The van der Waals surface area contributed by atoms with Gasteiger partial charge >= 0.3 is 6.03 Å². The van der Waals surface area contributed by atoms with Crippen LogP contribution in [0.2, 0.25) is 5.02 Å². The SMILES string of the molecule is Nc1c(NC(=O)N2CCC(Cc3ccccc3)CC2)c(-c2ccc(Cl)cc2)nn1-c1cc(F)ccc1F. The summed E-state index contributed by atoms with van der Waals surface area (Å²) in [6, 6.07) is 19.8. The number of hydrogen-bond acceptors (Lipinski definition) is 3. The van der Waals surface area contributed by atoms with Crippen LogP contribution in [0.1, 0.15) is 18.4 Å². The lowest BCUT2D eigenvalue weighted by Gasteiger charge is -2.32. The van der Waals surface area contributed by atoms with E-state index in [0.29, 0.717) is 35.3 Å². The summed E-state index contributed by atoms with van der Waals surface area (Å²) in [5.74, 6) is -0.846. The van der Waals surface area contributed by atoms with Crippen LogP contribution in [0.15, 0.2) is 72.8 Å². The third-order valence-electron chi connectivity index (χ3n) is 6.68. The molecule has 3 aromatic carbocycles. The van der Waals surface area contributed by atoms with Gasteiger partial charge in [-0.05, 0) is 55.0 Å². The molecular formula is C28H26ClF2N5O. The number of anilines is 2. The first-order chi connectivity index (χ1) is 17.9. The summed E-state index contributed by atoms with van der Waals surface area (Å²) in [6.07, 6.45) is 2.75. The number of nitrogens with one attached hydrogen (secondary N) is 1. The maximum Gasteiger partial charge on any atom is 0.322 e. The monoisotopic (exact) mass is 521 g/mol. The zero-order valence-corrected chi connectivity index (χ0v) is 20.8. The van der Waals surface area contributed by atoms with Crippen molar-refractivity contribution < 1.29 is 13.6 Å². The van der Waals surface area contributed by atoms with Gasteiger partial charge in [-0.3, -0.25) is 0 Å². The van der Waals surface area contributed by atoms with Crippen LogP contribution < -0.4 is 11.1 Å². The quantitative estimate of drug-likeness (QED) is 0.313. The summed E-state index contributed by atoms with van der Waals surface area (Å²) in [5.41, 5.74) is 8.66. The van der Waals surface area contributed by atoms with Crippen LogP contribution in [0, 0.1) is 17.6 Å². The molecule has 2 heterocycles. The van der Waals surface area contributed by atoms with Crippen molar-refractivity contribution in [1.82, 2.24) is 14.7 Å². The number of urea groups is 1. The van der Waals surface area contributed by atoms with Gasteiger partial charge in [0.25, 0.3) is 0 Å². The highest BCUT2D eigenvalue weighted by atomic mass is 35.5. The topological polar surface area (TPSA) is 76.2 Å². The molecule has 1 aliphatic rings. The van der Waals surface area contributed by atoms with E-state index in [1.807, 2.05) is 18.2 Å². The van der Waals surface area contributed by atoms with Gasteiger partial charge in [0.2, 0.25) is 0 Å². The molecule has 0 saturated carbocycles. The Bertz CT molecular complexity index is 1400. The van der Waals surface area contributed by atoms with Gasteiger partial charge in [-0.15, -0.1) is 0 Å². The summed E-state index contributed by atoms with van der Waals surface area (Å²) in [7, 11) is 0. The second-order valence-electron chi connectivity index (χ2n) is 9.17. The van der Waals surface area contributed by atoms with Gasteiger partial charge in [-0.25, -0.2) is 18.3 Å². The Morgan fingerprint density at radius 3 is 2.43 bits per heavy atom. The van der Waals surface area contributed by atoms with Crippen LogP contribution in [-0.4, -0.2) is 33.8 Å². The first-order valence-corrected chi connectivity index (χ1v) is 12.5. The standard InChI is InChI=1S/C28H26ClF2N5O/c29-21-8-6-20(7-9-21)25-26(27(32)36(34-25)24-17-22(30)10-11-23(24)31)33-28(37)35-14-12-19(13-15-35)16-18-4-2-1-3-5-18/h1-11,17,19H,12-16,32H2,(H,33,37). The van der Waals surface area contributed by atoms with Gasteiger partial charge < -0.3 is 16.0 Å². The van der Waals surface area contributed by atoms with Crippen molar-refractivity contribution in [2.45, 2.75) is 19.3 Å². The number of hydrogen-bond donors (Lipinski definition) is 2. The predicted molar refractivity (Wildman–Crippen MR) is 142 cm³/mol. The van der Waals surface area contributed by atoms with Crippen molar-refractivity contribution in [1.29, 1.82) is 0 Å². The number of amides is 2. The second kappa shape index (κ2) is 10.6. The van der Waals surface area contributed by atoms with Crippen LogP contribution in [0.3, 0.4) is 0 Å². The average molecular weight is 522 g/mol. The molecule has 0 atom stereocenters. The van der Waals surface area contributed by atoms with E-state index in [1.54, 1.807) is 29.2 Å². The number of nitrogens with two attached hydrogens (primary N) is 1. The Morgan fingerprint density at radius 1 is 1.03 bits per heavy atom. The number of benzene rings is 3. The largest absolute Gasteiger partial charge is 0.382 e. The summed E-state index contributed by atoms with van der Waals surface area (Å²) in [6.45, 7) is 1.21. The third-order valence-corrected chi connectivity index (χ3v) is 6.93. The van der Waals surface area contributed by atoms with E-state index < -0.39 is 11.6 Å². The third kappa shape index (κ3) is 5.44. The van der Waals surface area contributed by atoms with Crippen LogP contribution in [0.4, 0.5) is 25.1 Å². The Balaban J connectivity index is 1.39. The number of carbonyl (C=O) groups excluding carboxylic acids is 1. The Hall–Kier alpha value is -3.91. The zero-order chi connectivity index (χ0) is 25.9. The van der Waals surface area contributed by atoms with Crippen molar-refractivity contribution in [3.63, 3.8) is 0 Å². The second-order valence-corrected chi connectivity index (χ2v) is 9.61. The van der Waals surface area contributed by atoms with E-state index in [0.717, 1.165) is 42.1 Å². The highest BCUT2D eigenvalue weighted by Crippen LogP contribution is 2.36. The number of halogens is 3. The molecule has 1 saturated heterocycles. The highest BCUT2D eigenvalue weighted by Gasteiger charge is 2.27. The van der Waals surface area contributed by atoms with E-state index in [1.165, 1.54) is 5.56 Å². The van der Waals surface area contributed by atoms with Gasteiger partial charge in [0.15, 0.2) is 5.82 Å². The molecule has 0 unspecified atom stereocenters. The van der Waals surface area contributed by atoms with Crippen LogP contribution >= 0.6 is 11.6 Å². The predicted octanol–water partition coefficient (Wildman–Crippen LogP) is 6.54. The van der Waals surface area contributed by atoms with Crippen molar-refractivity contribution in [2.75, 3.05) is 24.1 Å². The minimum absolute atomic E-state index is 0.0123. The fraction of sp³-hybridized carbons (Fsp3) is 0.214. The number of likely N-dealkylation sites (tertiary alicyclic amines) is 1. The first-order valence-electron chi connectivity index (χ1n) is 12.1. The molecule has 9 heteroatoms. The molecule has 190 valence electrons. The maximum atomic E-state index is 14.6. The molecule has 0 radical (unpaired) electrons. The number of aromatic nitrogens is 2. The normalized spacial score (nSPS) is 14.1. The van der Waals surface area contributed by atoms with E-state index in [4.69, 9.17) is 17.3 Å². The molecule has 37 heavy (non-hydrogen) atoms. The Labute approximate surface area is 218 Å². The fourth-order valence-corrected chi connectivity index (χ4v) is 4.80. The average Bonchev–Trinajstić information content (AvgIpc) is 3.22. The van der Waals surface area contributed by atoms with Crippen LogP contribution in [0.25, 0.3) is 16.9 Å². The lowest BCUT2D eigenvalue weighted by atomic mass is 9.90. The zero-order valence-electron chi connectivity index (χ0n) is 20.0. The molecular weight excluding hydrogens is 496 g/mol. The smallest absolute Gasteiger partial charge is 0.322 e. The molecule has 3 N–H and O–H groups in total. The molecule has 5 rings (SSSR count). The summed E-state index contributed by atoms with van der Waals surface area (Å²) in [5, 5.41) is 7.85. The van der Waals surface area contributed by atoms with E-state index >= 15 is 0 Å². The van der Waals surface area contributed by atoms with Crippen LogP contribution in [-0.2, 0) is 6.42 Å². The number of rotatable bonds is 5. The molecule has 1 aromatic heterocycles. The first kappa shape index (κ1) is 24.8. The van der Waals surface area contributed by atoms with Crippen molar-refractivity contribution in [3.05, 3.63) is 95.0 Å². The number of piperidine rings is 1. The van der Waals surface area contributed by atoms with Gasteiger partial charge in [0, 0.05) is 29.7 Å². The lowest BCUT2D eigenvalue weighted by molar-refractivity contribution is 0.182. The molecule has 1 aliphatic heterocycles. The molecule has 0 spiro atoms. The number of nitrogen functional groups attached to an aromatic ring is 1. The maximum absolute atomic E-state index is 14.6. The molecule has 4 aromatic rings. The lowest BCUT2D eigenvalue weighted by Crippen LogP contribution is -2.41. The van der Waals surface area contributed by atoms with Crippen LogP contribution in [0.5, 0.6) is 0 Å². The number of nitrogens with zero attached hydrogens (tertiary/aromatic N) is 3. The fourth-order valence-electron chi connectivity index (χ4n) is 4.67. The Kier molecular flexibility index (Phi) is 7.10. The molecule has 0 aliphatic carbocycles. The van der Waals surface area contributed by atoms with Gasteiger partial charge in [0.05, 0.1) is 0 Å². The molecule has 1 fully saturated rings. The van der Waals surface area contributed by atoms with Gasteiger partial charge in [0.1, 0.15) is 28.7 Å².